The Hall–Kier alpha value is -3.41. The van der Waals surface area contributed by atoms with Crippen LogP contribution >= 0.6 is 0 Å². The molecule has 0 fully saturated rings. The first-order valence-electron chi connectivity index (χ1n) is 9.36. The fourth-order valence-corrected chi connectivity index (χ4v) is 2.84. The van der Waals surface area contributed by atoms with E-state index in [1.165, 1.54) is 11.0 Å². The van der Waals surface area contributed by atoms with E-state index in [-0.39, 0.29) is 18.3 Å². The molecule has 1 amide bonds. The van der Waals surface area contributed by atoms with E-state index in [1.54, 1.807) is 55.8 Å². The van der Waals surface area contributed by atoms with Crippen molar-refractivity contribution in [1.82, 2.24) is 9.88 Å². The van der Waals surface area contributed by atoms with Gasteiger partial charge in [-0.15, -0.1) is 0 Å². The average Bonchev–Trinajstić information content (AvgIpc) is 2.75. The molecule has 29 heavy (non-hydrogen) atoms. The second kappa shape index (κ2) is 9.68. The van der Waals surface area contributed by atoms with E-state index < -0.39 is 0 Å². The molecule has 5 nitrogen and oxygen atoms in total. The number of carbonyl (C=O) groups is 1. The van der Waals surface area contributed by atoms with Crippen molar-refractivity contribution in [2.24, 2.45) is 0 Å². The highest BCUT2D eigenvalue weighted by Gasteiger charge is 2.17. The van der Waals surface area contributed by atoms with Crippen LogP contribution in [0, 0.1) is 5.82 Å². The Kier molecular flexibility index (Phi) is 6.79. The number of amides is 1. The zero-order chi connectivity index (χ0) is 20.6. The molecule has 2 aromatic carbocycles. The molecule has 0 saturated heterocycles. The first-order valence-corrected chi connectivity index (χ1v) is 9.36. The van der Waals surface area contributed by atoms with Crippen molar-refractivity contribution >= 4 is 5.91 Å². The summed E-state index contributed by atoms with van der Waals surface area (Å²) >= 11 is 0. The van der Waals surface area contributed by atoms with Crippen LogP contribution in [0.5, 0.6) is 11.5 Å². The van der Waals surface area contributed by atoms with Gasteiger partial charge in [-0.1, -0.05) is 18.2 Å². The predicted molar refractivity (Wildman–Crippen MR) is 108 cm³/mol. The quantitative estimate of drug-likeness (QED) is 0.566. The Bertz CT molecular complexity index is 963. The lowest BCUT2D eigenvalue weighted by molar-refractivity contribution is 0.0783. The molecule has 0 N–H and O–H groups in total. The van der Waals surface area contributed by atoms with E-state index in [0.717, 1.165) is 5.56 Å². The molecule has 6 heteroatoms. The van der Waals surface area contributed by atoms with Crippen molar-refractivity contribution in [2.75, 3.05) is 13.7 Å². The normalized spacial score (nSPS) is 10.4. The van der Waals surface area contributed by atoms with Gasteiger partial charge in [0.1, 0.15) is 12.4 Å². The van der Waals surface area contributed by atoms with Crippen LogP contribution in [0.2, 0.25) is 0 Å². The maximum absolute atomic E-state index is 13.9. The van der Waals surface area contributed by atoms with Gasteiger partial charge in [0, 0.05) is 37.1 Å². The number of rotatable bonds is 8. The smallest absolute Gasteiger partial charge is 0.254 e. The summed E-state index contributed by atoms with van der Waals surface area (Å²) < 4.78 is 25.4. The molecule has 0 saturated carbocycles. The van der Waals surface area contributed by atoms with Crippen LogP contribution in [0.15, 0.2) is 67.0 Å². The van der Waals surface area contributed by atoms with Crippen molar-refractivity contribution in [3.63, 3.8) is 0 Å². The molecule has 0 bridgehead atoms. The van der Waals surface area contributed by atoms with Gasteiger partial charge >= 0.3 is 0 Å². The molecule has 3 rings (SSSR count). The maximum atomic E-state index is 13.9. The fourth-order valence-electron chi connectivity index (χ4n) is 2.84. The molecule has 1 heterocycles. The average molecular weight is 394 g/mol. The third kappa shape index (κ3) is 5.31. The number of nitrogens with zero attached hydrogens (tertiary/aromatic N) is 2. The molecule has 0 unspecified atom stereocenters. The lowest BCUT2D eigenvalue weighted by atomic mass is 10.1. The Morgan fingerprint density at radius 3 is 2.52 bits per heavy atom. The second-order valence-electron chi connectivity index (χ2n) is 6.49. The third-order valence-corrected chi connectivity index (χ3v) is 4.35. The topological polar surface area (TPSA) is 51.7 Å². The van der Waals surface area contributed by atoms with Crippen LogP contribution < -0.4 is 9.47 Å². The number of carbonyl (C=O) groups excluding carboxylic acids is 1. The van der Waals surface area contributed by atoms with Gasteiger partial charge in [0.05, 0.1) is 6.61 Å². The van der Waals surface area contributed by atoms with E-state index in [2.05, 4.69) is 4.98 Å². The van der Waals surface area contributed by atoms with Gasteiger partial charge in [0.2, 0.25) is 0 Å². The number of benzene rings is 2. The zero-order valence-corrected chi connectivity index (χ0v) is 16.5. The van der Waals surface area contributed by atoms with Crippen LogP contribution in [0.4, 0.5) is 4.39 Å². The molecule has 0 aliphatic rings. The summed E-state index contributed by atoms with van der Waals surface area (Å²) in [6, 6.07) is 15.2. The molecule has 0 radical (unpaired) electrons. The van der Waals surface area contributed by atoms with Crippen molar-refractivity contribution in [3.05, 3.63) is 89.5 Å². The van der Waals surface area contributed by atoms with Crippen LogP contribution in [0.1, 0.15) is 28.4 Å². The Morgan fingerprint density at radius 1 is 1.03 bits per heavy atom. The maximum Gasteiger partial charge on any atom is 0.254 e. The largest absolute Gasteiger partial charge is 0.490 e. The SMILES string of the molecule is CCOc1cc(C(=O)N(C)Cc2ccccc2F)ccc1OCc1ccncc1. The third-order valence-electron chi connectivity index (χ3n) is 4.35. The highest BCUT2D eigenvalue weighted by Crippen LogP contribution is 2.30. The van der Waals surface area contributed by atoms with E-state index >= 15 is 0 Å². The molecule has 3 aromatic rings. The van der Waals surface area contributed by atoms with E-state index in [4.69, 9.17) is 9.47 Å². The summed E-state index contributed by atoms with van der Waals surface area (Å²) in [7, 11) is 1.64. The highest BCUT2D eigenvalue weighted by molar-refractivity contribution is 5.94. The molecule has 0 aliphatic heterocycles. The van der Waals surface area contributed by atoms with Gasteiger partial charge in [-0.2, -0.15) is 0 Å². The summed E-state index contributed by atoms with van der Waals surface area (Å²) in [6.45, 7) is 2.85. The second-order valence-corrected chi connectivity index (χ2v) is 6.49. The lowest BCUT2D eigenvalue weighted by Crippen LogP contribution is -2.26. The van der Waals surface area contributed by atoms with Crippen molar-refractivity contribution < 1.29 is 18.7 Å². The van der Waals surface area contributed by atoms with Crippen molar-refractivity contribution in [3.8, 4) is 11.5 Å². The van der Waals surface area contributed by atoms with Gasteiger partial charge < -0.3 is 14.4 Å². The first kappa shape index (κ1) is 20.3. The van der Waals surface area contributed by atoms with Crippen LogP contribution in [0.25, 0.3) is 0 Å². The highest BCUT2D eigenvalue weighted by atomic mass is 19.1. The molecule has 1 aromatic heterocycles. The summed E-state index contributed by atoms with van der Waals surface area (Å²) in [4.78, 5) is 18.3. The fraction of sp³-hybridized carbons (Fsp3) is 0.217. The molecule has 0 aliphatic carbocycles. The number of ether oxygens (including phenoxy) is 2. The minimum Gasteiger partial charge on any atom is -0.490 e. The van der Waals surface area contributed by atoms with E-state index in [0.29, 0.717) is 35.8 Å². The van der Waals surface area contributed by atoms with Crippen LogP contribution in [0.3, 0.4) is 0 Å². The van der Waals surface area contributed by atoms with Gasteiger partial charge in [-0.05, 0) is 48.9 Å². The van der Waals surface area contributed by atoms with Gasteiger partial charge in [0.15, 0.2) is 11.5 Å². The van der Waals surface area contributed by atoms with Gasteiger partial charge in [-0.3, -0.25) is 9.78 Å². The minimum absolute atomic E-state index is 0.176. The minimum atomic E-state index is -0.331. The Morgan fingerprint density at radius 2 is 1.79 bits per heavy atom. The summed E-state index contributed by atoms with van der Waals surface area (Å²) in [5.74, 6) is 0.487. The summed E-state index contributed by atoms with van der Waals surface area (Å²) in [6.07, 6.45) is 3.41. The van der Waals surface area contributed by atoms with Crippen LogP contribution in [-0.2, 0) is 13.2 Å². The first-order chi connectivity index (χ1) is 14.1. The standard InChI is InChI=1S/C23H23FN2O3/c1-3-28-22-14-18(8-9-21(22)29-16-17-10-12-25-13-11-17)23(27)26(2)15-19-6-4-5-7-20(19)24/h4-14H,3,15-16H2,1-2H3. The van der Waals surface area contributed by atoms with Crippen molar-refractivity contribution in [2.45, 2.75) is 20.1 Å². The van der Waals surface area contributed by atoms with E-state index in [9.17, 15) is 9.18 Å². The molecule has 0 spiro atoms. The number of hydrogen-bond donors (Lipinski definition) is 0. The van der Waals surface area contributed by atoms with Crippen LogP contribution in [-0.4, -0.2) is 29.4 Å². The zero-order valence-electron chi connectivity index (χ0n) is 16.5. The van der Waals surface area contributed by atoms with Crippen molar-refractivity contribution in [1.29, 1.82) is 0 Å². The lowest BCUT2D eigenvalue weighted by Gasteiger charge is -2.19. The predicted octanol–water partition coefficient (Wildman–Crippen LogP) is 4.47. The van der Waals surface area contributed by atoms with E-state index in [1.807, 2.05) is 19.1 Å². The molecular weight excluding hydrogens is 371 g/mol. The molecule has 0 atom stereocenters. The molecule has 150 valence electrons. The Balaban J connectivity index is 1.74. The summed E-state index contributed by atoms with van der Waals surface area (Å²) in [5, 5.41) is 0. The summed E-state index contributed by atoms with van der Waals surface area (Å²) in [5.41, 5.74) is 1.89. The number of pyridine rings is 1. The molecular formula is C23H23FN2O3. The number of hydrogen-bond acceptors (Lipinski definition) is 4. The Labute approximate surface area is 169 Å². The van der Waals surface area contributed by atoms with Gasteiger partial charge in [-0.25, -0.2) is 4.39 Å². The monoisotopic (exact) mass is 394 g/mol. The number of halogens is 1. The number of aromatic nitrogens is 1. The van der Waals surface area contributed by atoms with Gasteiger partial charge in [0.25, 0.3) is 5.91 Å².